The first kappa shape index (κ1) is 15.7. The van der Waals surface area contributed by atoms with Crippen LogP contribution in [-0.2, 0) is 4.52 Å². The molecule has 0 spiro atoms. The smallest absolute Gasteiger partial charge is 0.0898 e. The average Bonchev–Trinajstić information content (AvgIpc) is 3.21. The molecule has 0 bridgehead atoms. The quantitative estimate of drug-likeness (QED) is 0.730. The normalized spacial score (nSPS) is 26.5. The van der Waals surface area contributed by atoms with Crippen molar-refractivity contribution >= 4 is 19.0 Å². The van der Waals surface area contributed by atoms with E-state index >= 15 is 0 Å². The first-order valence-corrected chi connectivity index (χ1v) is 11.4. The standard InChI is InChI=1S/C19H24NOPS/c1-23(16-9-4-2-5-10-16,17-11-6-3-7-12-17)15-19-18-13-8-14-20(18)22-21-19/h2-7,9-12,18-19,22H,8,13-15H2,1H3/t18-,19+/m1/s1. The van der Waals surface area contributed by atoms with E-state index in [2.05, 4.69) is 71.6 Å². The minimum Gasteiger partial charge on any atom is -0.341 e. The van der Waals surface area contributed by atoms with Gasteiger partial charge in [0.1, 0.15) is 0 Å². The van der Waals surface area contributed by atoms with Crippen molar-refractivity contribution < 1.29 is 4.52 Å². The summed E-state index contributed by atoms with van der Waals surface area (Å²) >= 11 is 0. The van der Waals surface area contributed by atoms with Gasteiger partial charge in [-0.15, -0.1) is 0 Å². The maximum atomic E-state index is 6.23. The molecule has 0 aromatic heterocycles. The topological polar surface area (TPSA) is 12.5 Å². The molecule has 0 aliphatic carbocycles. The van der Waals surface area contributed by atoms with E-state index in [9.17, 15) is 0 Å². The number of benzene rings is 2. The lowest BCUT2D eigenvalue weighted by Crippen LogP contribution is -2.32. The van der Waals surface area contributed by atoms with Gasteiger partial charge in [0.2, 0.25) is 0 Å². The fraction of sp³-hybridized carbons (Fsp3) is 0.368. The highest BCUT2D eigenvalue weighted by Gasteiger charge is 2.41. The largest absolute Gasteiger partial charge is 0.341 e. The van der Waals surface area contributed by atoms with Gasteiger partial charge >= 0.3 is 0 Å². The Balaban J connectivity index is 1.69. The van der Waals surface area contributed by atoms with Gasteiger partial charge in [0, 0.05) is 18.3 Å². The van der Waals surface area contributed by atoms with E-state index in [4.69, 9.17) is 4.52 Å². The molecule has 23 heavy (non-hydrogen) atoms. The maximum absolute atomic E-state index is 6.23. The second kappa shape index (κ2) is 6.57. The highest BCUT2D eigenvalue weighted by atomic mass is 32.3. The minimum atomic E-state index is -1.07. The van der Waals surface area contributed by atoms with Crippen LogP contribution in [0.2, 0.25) is 0 Å². The highest BCUT2D eigenvalue weighted by molar-refractivity contribution is 8.33. The van der Waals surface area contributed by atoms with Gasteiger partial charge in [0.25, 0.3) is 0 Å². The van der Waals surface area contributed by atoms with Gasteiger partial charge < -0.3 is 4.52 Å². The van der Waals surface area contributed by atoms with Crippen molar-refractivity contribution in [2.45, 2.75) is 34.8 Å². The number of nitrogens with zero attached hydrogens (tertiary/aromatic N) is 1. The zero-order chi connectivity index (χ0) is 15.7. The Hall–Kier alpha value is -0.860. The van der Waals surface area contributed by atoms with Crippen LogP contribution in [0.25, 0.3) is 0 Å². The van der Waals surface area contributed by atoms with E-state index in [1.54, 1.807) is 0 Å². The van der Waals surface area contributed by atoms with E-state index in [1.807, 2.05) is 0 Å². The second-order valence-corrected chi connectivity index (χ2v) is 11.0. The Bertz CT molecular complexity index is 611. The Labute approximate surface area is 142 Å². The van der Waals surface area contributed by atoms with Crippen LogP contribution in [0.5, 0.6) is 0 Å². The number of fused-ring (bicyclic) bond motifs is 1. The predicted octanol–water partition coefficient (Wildman–Crippen LogP) is 4.91. The molecule has 2 nitrogen and oxygen atoms in total. The summed E-state index contributed by atoms with van der Waals surface area (Å²) in [5, 5.41) is 0. The molecular weight excluding hydrogens is 321 g/mol. The average molecular weight is 345 g/mol. The van der Waals surface area contributed by atoms with Crippen molar-refractivity contribution in [2.75, 3.05) is 18.6 Å². The monoisotopic (exact) mass is 345 g/mol. The van der Waals surface area contributed by atoms with E-state index in [1.165, 1.54) is 29.2 Å². The van der Waals surface area contributed by atoms with E-state index in [0.29, 0.717) is 21.1 Å². The summed E-state index contributed by atoms with van der Waals surface area (Å²) in [4.78, 5) is 2.93. The molecule has 0 radical (unpaired) electrons. The van der Waals surface area contributed by atoms with E-state index < -0.39 is 10.0 Å². The van der Waals surface area contributed by atoms with Crippen LogP contribution in [-0.4, -0.2) is 35.4 Å². The van der Waals surface area contributed by atoms with Gasteiger partial charge in [0.15, 0.2) is 0 Å². The SMILES string of the molecule is CS(C[C@@H]1OPN2CCC[C@H]12)(c1ccccc1)c1ccccc1. The number of hydrogen-bond acceptors (Lipinski definition) is 2. The van der Waals surface area contributed by atoms with Gasteiger partial charge in [0.05, 0.1) is 15.1 Å². The zero-order valence-electron chi connectivity index (χ0n) is 13.5. The fourth-order valence-corrected chi connectivity index (χ4v) is 8.18. The minimum absolute atomic E-state index is 0.385. The zero-order valence-corrected chi connectivity index (χ0v) is 15.3. The predicted molar refractivity (Wildman–Crippen MR) is 101 cm³/mol. The summed E-state index contributed by atoms with van der Waals surface area (Å²) in [6.45, 7) is 1.22. The molecular formula is C19H24NOPS. The van der Waals surface area contributed by atoms with Gasteiger partial charge in [-0.1, -0.05) is 36.4 Å². The van der Waals surface area contributed by atoms with Crippen LogP contribution in [0.15, 0.2) is 70.5 Å². The van der Waals surface area contributed by atoms with E-state index in [0.717, 1.165) is 5.75 Å². The second-order valence-electron chi connectivity index (χ2n) is 6.53. The molecule has 2 saturated heterocycles. The molecule has 2 aliphatic heterocycles. The molecule has 2 fully saturated rings. The number of rotatable bonds is 4. The summed E-state index contributed by atoms with van der Waals surface area (Å²) < 4.78 is 8.79. The lowest BCUT2D eigenvalue weighted by molar-refractivity contribution is 0.237. The molecule has 122 valence electrons. The molecule has 2 heterocycles. The summed E-state index contributed by atoms with van der Waals surface area (Å²) in [7, 11) is -0.495. The summed E-state index contributed by atoms with van der Waals surface area (Å²) in [6, 6.07) is 22.7. The van der Waals surface area contributed by atoms with Crippen LogP contribution in [0.1, 0.15) is 12.8 Å². The van der Waals surface area contributed by atoms with Crippen molar-refractivity contribution in [3.8, 4) is 0 Å². The third-order valence-electron chi connectivity index (χ3n) is 5.07. The summed E-state index contributed by atoms with van der Waals surface area (Å²) in [5.74, 6) is 1.13. The molecule has 1 unspecified atom stereocenters. The van der Waals surface area contributed by atoms with Crippen molar-refractivity contribution in [3.05, 3.63) is 60.7 Å². The van der Waals surface area contributed by atoms with Gasteiger partial charge in [-0.3, -0.25) is 4.67 Å². The molecule has 4 heteroatoms. The lowest BCUT2D eigenvalue weighted by atomic mass is 10.1. The Morgan fingerprint density at radius 1 is 1.04 bits per heavy atom. The third kappa shape index (κ3) is 2.96. The Morgan fingerprint density at radius 2 is 1.65 bits per heavy atom. The first-order chi connectivity index (χ1) is 11.3. The lowest BCUT2D eigenvalue weighted by Gasteiger charge is -2.39. The number of hydrogen-bond donors (Lipinski definition) is 0. The molecule has 0 saturated carbocycles. The summed E-state index contributed by atoms with van der Waals surface area (Å²) in [5.41, 5.74) is 0. The molecule has 4 rings (SSSR count). The fourth-order valence-electron chi connectivity index (χ4n) is 3.75. The van der Waals surface area contributed by atoms with Gasteiger partial charge in [-0.2, -0.15) is 10.0 Å². The molecule has 3 atom stereocenters. The molecule has 0 amide bonds. The molecule has 2 aromatic rings. The highest BCUT2D eigenvalue weighted by Crippen LogP contribution is 2.61. The van der Waals surface area contributed by atoms with Crippen molar-refractivity contribution in [2.24, 2.45) is 0 Å². The van der Waals surface area contributed by atoms with Crippen LogP contribution >= 0.6 is 19.0 Å². The molecule has 2 aliphatic rings. The molecule has 2 aromatic carbocycles. The third-order valence-corrected chi connectivity index (χ3v) is 9.89. The van der Waals surface area contributed by atoms with Crippen molar-refractivity contribution in [1.29, 1.82) is 0 Å². The van der Waals surface area contributed by atoms with Crippen LogP contribution in [0, 0.1) is 0 Å². The van der Waals surface area contributed by atoms with Crippen LogP contribution in [0.3, 0.4) is 0 Å². The maximum Gasteiger partial charge on any atom is 0.0898 e. The van der Waals surface area contributed by atoms with Crippen molar-refractivity contribution in [1.82, 2.24) is 4.67 Å². The van der Waals surface area contributed by atoms with Crippen LogP contribution < -0.4 is 0 Å². The molecule has 0 N–H and O–H groups in total. The van der Waals surface area contributed by atoms with Crippen molar-refractivity contribution in [3.63, 3.8) is 0 Å². The Kier molecular flexibility index (Phi) is 4.47. The summed E-state index contributed by atoms with van der Waals surface area (Å²) in [6.07, 6.45) is 5.48. The van der Waals surface area contributed by atoms with E-state index in [-0.39, 0.29) is 0 Å². The Morgan fingerprint density at radius 3 is 2.26 bits per heavy atom. The van der Waals surface area contributed by atoms with Crippen LogP contribution in [0.4, 0.5) is 0 Å². The van der Waals surface area contributed by atoms with Gasteiger partial charge in [-0.05, 0) is 53.2 Å². The van der Waals surface area contributed by atoms with Gasteiger partial charge in [-0.25, -0.2) is 0 Å². The first-order valence-electron chi connectivity index (χ1n) is 8.31.